The Morgan fingerprint density at radius 2 is 2.00 bits per heavy atom. The van der Waals surface area contributed by atoms with E-state index in [4.69, 9.17) is 10.2 Å². The number of amides is 1. The molecule has 0 spiro atoms. The zero-order chi connectivity index (χ0) is 11.7. The largest absolute Gasteiger partial charge is 0.436 e. The fourth-order valence-corrected chi connectivity index (χ4v) is 2.42. The van der Waals surface area contributed by atoms with Crippen LogP contribution < -0.4 is 5.73 Å². The van der Waals surface area contributed by atoms with Crippen LogP contribution in [0, 0.1) is 0 Å². The van der Waals surface area contributed by atoms with Gasteiger partial charge in [0.05, 0.1) is 0 Å². The first-order valence-electron chi connectivity index (χ1n) is 5.77. The van der Waals surface area contributed by atoms with Gasteiger partial charge in [0.2, 0.25) is 0 Å². The topological polar surface area (TPSA) is 59.5 Å². The van der Waals surface area contributed by atoms with E-state index >= 15 is 0 Å². The molecule has 0 radical (unpaired) electrons. The number of nitrogens with two attached hydrogens (primary N) is 1. The van der Waals surface area contributed by atoms with E-state index in [1.165, 1.54) is 6.42 Å². The average Bonchev–Trinajstić information content (AvgIpc) is 2.64. The van der Waals surface area contributed by atoms with Crippen LogP contribution in [0.15, 0.2) is 16.5 Å². The molecule has 0 aliphatic carbocycles. The fourth-order valence-electron chi connectivity index (χ4n) is 2.42. The minimum atomic E-state index is -0.0450. The second-order valence-electron chi connectivity index (χ2n) is 4.54. The second-order valence-corrected chi connectivity index (χ2v) is 4.54. The molecule has 16 heavy (non-hydrogen) atoms. The third-order valence-corrected chi connectivity index (χ3v) is 3.27. The molecule has 1 aliphatic rings. The van der Waals surface area contributed by atoms with Gasteiger partial charge >= 0.3 is 0 Å². The van der Waals surface area contributed by atoms with Gasteiger partial charge in [-0.15, -0.1) is 0 Å². The van der Waals surface area contributed by atoms with Crippen LogP contribution in [0.4, 0.5) is 5.88 Å². The zero-order valence-electron chi connectivity index (χ0n) is 9.77. The number of nitrogen functional groups attached to an aromatic ring is 1. The number of hydrogen-bond acceptors (Lipinski definition) is 3. The molecule has 1 aromatic heterocycles. The Morgan fingerprint density at radius 3 is 2.50 bits per heavy atom. The van der Waals surface area contributed by atoms with Crippen molar-refractivity contribution in [1.82, 2.24) is 4.90 Å². The molecule has 0 aromatic carbocycles. The maximum atomic E-state index is 12.2. The first-order chi connectivity index (χ1) is 7.59. The van der Waals surface area contributed by atoms with Gasteiger partial charge in [-0.2, -0.15) is 0 Å². The lowest BCUT2D eigenvalue weighted by molar-refractivity contribution is 0.0479. The summed E-state index contributed by atoms with van der Waals surface area (Å²) in [7, 11) is 0. The molecule has 1 fully saturated rings. The number of nitrogens with zero attached hydrogens (tertiary/aromatic N) is 1. The summed E-state index contributed by atoms with van der Waals surface area (Å²) in [5.41, 5.74) is 5.48. The van der Waals surface area contributed by atoms with Crippen molar-refractivity contribution < 1.29 is 9.21 Å². The Labute approximate surface area is 95.4 Å². The Hall–Kier alpha value is -1.45. The van der Waals surface area contributed by atoms with Crippen molar-refractivity contribution in [2.45, 2.75) is 45.2 Å². The molecule has 0 saturated carbocycles. The van der Waals surface area contributed by atoms with Crippen LogP contribution >= 0.6 is 0 Å². The molecular formula is C12H18N2O2. The molecule has 2 rings (SSSR count). The highest BCUT2D eigenvalue weighted by Crippen LogP contribution is 2.25. The minimum Gasteiger partial charge on any atom is -0.436 e. The summed E-state index contributed by atoms with van der Waals surface area (Å²) >= 11 is 0. The molecule has 4 nitrogen and oxygen atoms in total. The minimum absolute atomic E-state index is 0.0450. The molecule has 88 valence electrons. The van der Waals surface area contributed by atoms with Crippen molar-refractivity contribution >= 4 is 11.8 Å². The first kappa shape index (κ1) is 11.0. The summed E-state index contributed by atoms with van der Waals surface area (Å²) in [6, 6.07) is 3.82. The Kier molecular flexibility index (Phi) is 2.90. The van der Waals surface area contributed by atoms with Gasteiger partial charge in [-0.3, -0.25) is 4.79 Å². The number of anilines is 1. The molecule has 1 aliphatic heterocycles. The number of hydrogen-bond donors (Lipinski definition) is 1. The van der Waals surface area contributed by atoms with Gasteiger partial charge in [0.1, 0.15) is 0 Å². The monoisotopic (exact) mass is 222 g/mol. The van der Waals surface area contributed by atoms with E-state index in [9.17, 15) is 4.79 Å². The van der Waals surface area contributed by atoms with Crippen molar-refractivity contribution in [3.63, 3.8) is 0 Å². The van der Waals surface area contributed by atoms with Gasteiger partial charge in [0.15, 0.2) is 11.6 Å². The lowest BCUT2D eigenvalue weighted by Crippen LogP contribution is -2.47. The van der Waals surface area contributed by atoms with E-state index in [1.54, 1.807) is 12.1 Å². The smallest absolute Gasteiger partial charge is 0.290 e. The summed E-state index contributed by atoms with van der Waals surface area (Å²) in [5, 5.41) is 0. The van der Waals surface area contributed by atoms with Gasteiger partial charge in [-0.1, -0.05) is 0 Å². The highest BCUT2D eigenvalue weighted by molar-refractivity contribution is 5.92. The van der Waals surface area contributed by atoms with E-state index in [1.807, 2.05) is 4.90 Å². The lowest BCUT2D eigenvalue weighted by atomic mass is 9.97. The van der Waals surface area contributed by atoms with E-state index in [0.29, 0.717) is 11.6 Å². The van der Waals surface area contributed by atoms with Gasteiger partial charge in [0, 0.05) is 18.2 Å². The Balaban J connectivity index is 2.19. The average molecular weight is 222 g/mol. The summed E-state index contributed by atoms with van der Waals surface area (Å²) in [4.78, 5) is 14.1. The highest BCUT2D eigenvalue weighted by atomic mass is 16.4. The standard InChI is InChI=1S/C12H18N2O2/c1-8-4-3-5-9(2)14(8)12(15)10-6-7-11(13)16-10/h6-9H,3-5,13H2,1-2H3. The molecular weight excluding hydrogens is 204 g/mol. The van der Waals surface area contributed by atoms with Gasteiger partial charge in [-0.25, -0.2) is 0 Å². The Morgan fingerprint density at radius 1 is 1.38 bits per heavy atom. The molecule has 2 heterocycles. The molecule has 1 amide bonds. The number of piperidine rings is 1. The van der Waals surface area contributed by atoms with Gasteiger partial charge < -0.3 is 15.1 Å². The van der Waals surface area contributed by atoms with Crippen molar-refractivity contribution in [3.8, 4) is 0 Å². The maximum absolute atomic E-state index is 12.2. The molecule has 4 heteroatoms. The van der Waals surface area contributed by atoms with Crippen LogP contribution in [0.5, 0.6) is 0 Å². The normalized spacial score (nSPS) is 25.8. The van der Waals surface area contributed by atoms with Crippen molar-refractivity contribution in [1.29, 1.82) is 0 Å². The van der Waals surface area contributed by atoms with Gasteiger partial charge in [-0.05, 0) is 39.2 Å². The molecule has 0 bridgehead atoms. The zero-order valence-corrected chi connectivity index (χ0v) is 9.77. The number of rotatable bonds is 1. The van der Waals surface area contributed by atoms with E-state index in [2.05, 4.69) is 13.8 Å². The van der Waals surface area contributed by atoms with Crippen LogP contribution in [-0.2, 0) is 0 Å². The molecule has 2 unspecified atom stereocenters. The summed E-state index contributed by atoms with van der Waals surface area (Å²) in [5.74, 6) is 0.593. The predicted octanol–water partition coefficient (Wildman–Crippen LogP) is 2.26. The molecule has 1 saturated heterocycles. The van der Waals surface area contributed by atoms with Crippen LogP contribution in [0.25, 0.3) is 0 Å². The van der Waals surface area contributed by atoms with Crippen LogP contribution in [0.3, 0.4) is 0 Å². The molecule has 2 atom stereocenters. The lowest BCUT2D eigenvalue weighted by Gasteiger charge is -2.38. The predicted molar refractivity (Wildman–Crippen MR) is 62.1 cm³/mol. The van der Waals surface area contributed by atoms with Gasteiger partial charge in [0.25, 0.3) is 5.91 Å². The number of furan rings is 1. The van der Waals surface area contributed by atoms with E-state index in [-0.39, 0.29) is 18.0 Å². The Bertz CT molecular complexity index is 376. The SMILES string of the molecule is CC1CCCC(C)N1C(=O)c1ccc(N)o1. The maximum Gasteiger partial charge on any atom is 0.290 e. The summed E-state index contributed by atoms with van der Waals surface area (Å²) in [6.07, 6.45) is 3.31. The molecule has 2 N–H and O–H groups in total. The van der Waals surface area contributed by atoms with E-state index < -0.39 is 0 Å². The summed E-state index contributed by atoms with van der Waals surface area (Å²) < 4.78 is 5.18. The van der Waals surface area contributed by atoms with Crippen LogP contribution in [0.1, 0.15) is 43.7 Å². The summed E-state index contributed by atoms with van der Waals surface area (Å²) in [6.45, 7) is 4.17. The fraction of sp³-hybridized carbons (Fsp3) is 0.583. The van der Waals surface area contributed by atoms with E-state index in [0.717, 1.165) is 12.8 Å². The first-order valence-corrected chi connectivity index (χ1v) is 5.77. The van der Waals surface area contributed by atoms with Crippen molar-refractivity contribution in [2.24, 2.45) is 0 Å². The van der Waals surface area contributed by atoms with Crippen LogP contribution in [-0.4, -0.2) is 22.9 Å². The third-order valence-electron chi connectivity index (χ3n) is 3.27. The third kappa shape index (κ3) is 1.92. The van der Waals surface area contributed by atoms with Crippen LogP contribution in [0.2, 0.25) is 0 Å². The van der Waals surface area contributed by atoms with Crippen molar-refractivity contribution in [3.05, 3.63) is 17.9 Å². The molecule has 1 aromatic rings. The number of carbonyl (C=O) groups excluding carboxylic acids is 1. The number of carbonyl (C=O) groups is 1. The quantitative estimate of drug-likeness (QED) is 0.792. The number of likely N-dealkylation sites (tertiary alicyclic amines) is 1. The highest BCUT2D eigenvalue weighted by Gasteiger charge is 2.30. The van der Waals surface area contributed by atoms with Crippen molar-refractivity contribution in [2.75, 3.05) is 5.73 Å². The second kappa shape index (κ2) is 4.20.